The minimum absolute atomic E-state index is 0.0281. The molecular weight excluding hydrogens is 200 g/mol. The van der Waals surface area contributed by atoms with Crippen LogP contribution in [0.1, 0.15) is 31.5 Å². The van der Waals surface area contributed by atoms with Gasteiger partial charge in [0.25, 0.3) is 0 Å². The zero-order valence-corrected chi connectivity index (χ0v) is 10.0. The van der Waals surface area contributed by atoms with Gasteiger partial charge >= 0.3 is 0 Å². The highest BCUT2D eigenvalue weighted by Crippen LogP contribution is 2.06. The van der Waals surface area contributed by atoms with E-state index in [2.05, 4.69) is 23.7 Å². The van der Waals surface area contributed by atoms with Gasteiger partial charge < -0.3 is 5.73 Å². The van der Waals surface area contributed by atoms with E-state index in [1.54, 1.807) is 6.20 Å². The molecule has 0 radical (unpaired) electrons. The predicted octanol–water partition coefficient (Wildman–Crippen LogP) is 1.60. The summed E-state index contributed by atoms with van der Waals surface area (Å²) in [5.41, 5.74) is 7.13. The molecule has 0 spiro atoms. The lowest BCUT2D eigenvalue weighted by atomic mass is 10.2. The van der Waals surface area contributed by atoms with Gasteiger partial charge in [-0.15, -0.1) is 0 Å². The maximum absolute atomic E-state index is 7.34. The lowest BCUT2D eigenvalue weighted by molar-refractivity contribution is 0.280. The second-order valence-electron chi connectivity index (χ2n) is 3.83. The fourth-order valence-corrected chi connectivity index (χ4v) is 1.64. The molecule has 0 saturated heterocycles. The summed E-state index contributed by atoms with van der Waals surface area (Å²) in [7, 11) is 0. The Labute approximate surface area is 97.0 Å². The van der Waals surface area contributed by atoms with E-state index in [4.69, 9.17) is 11.1 Å². The van der Waals surface area contributed by atoms with Gasteiger partial charge in [0, 0.05) is 12.7 Å². The van der Waals surface area contributed by atoms with Crippen LogP contribution < -0.4 is 5.73 Å². The summed E-state index contributed by atoms with van der Waals surface area (Å²) < 4.78 is 0. The molecule has 1 heterocycles. The highest BCUT2D eigenvalue weighted by molar-refractivity contribution is 5.93. The Morgan fingerprint density at radius 2 is 2.25 bits per heavy atom. The lowest BCUT2D eigenvalue weighted by Gasteiger charge is -2.19. The molecule has 1 rings (SSSR count). The van der Waals surface area contributed by atoms with Gasteiger partial charge in [-0.1, -0.05) is 13.8 Å². The van der Waals surface area contributed by atoms with Crippen LogP contribution in [0.15, 0.2) is 18.3 Å². The molecule has 4 heteroatoms. The number of rotatable bonds is 6. The first-order valence-corrected chi connectivity index (χ1v) is 5.69. The molecule has 0 aliphatic carbocycles. The zero-order valence-electron chi connectivity index (χ0n) is 10.0. The van der Waals surface area contributed by atoms with Crippen LogP contribution in [0.4, 0.5) is 0 Å². The third-order valence-corrected chi connectivity index (χ3v) is 2.49. The quantitative estimate of drug-likeness (QED) is 0.565. The molecule has 0 bridgehead atoms. The zero-order chi connectivity index (χ0) is 12.0. The third-order valence-electron chi connectivity index (χ3n) is 2.49. The Hall–Kier alpha value is -1.42. The number of aromatic nitrogens is 1. The molecule has 3 N–H and O–H groups in total. The number of hydrogen-bond acceptors (Lipinski definition) is 3. The molecule has 0 aliphatic rings. The first-order chi connectivity index (χ1) is 7.67. The third kappa shape index (κ3) is 3.62. The maximum atomic E-state index is 7.34. The molecule has 0 aromatic carbocycles. The Bertz CT molecular complexity index is 349. The average Bonchev–Trinajstić information content (AvgIpc) is 2.29. The predicted molar refractivity (Wildman–Crippen MR) is 66.5 cm³/mol. The van der Waals surface area contributed by atoms with E-state index < -0.39 is 0 Å². The highest BCUT2D eigenvalue weighted by Gasteiger charge is 2.04. The molecule has 16 heavy (non-hydrogen) atoms. The number of nitrogens with one attached hydrogen (secondary N) is 1. The Kier molecular flexibility index (Phi) is 4.92. The second kappa shape index (κ2) is 6.23. The normalized spacial score (nSPS) is 10.7. The molecule has 0 aliphatic heterocycles. The van der Waals surface area contributed by atoms with Crippen molar-refractivity contribution in [2.45, 2.75) is 26.8 Å². The van der Waals surface area contributed by atoms with E-state index >= 15 is 0 Å². The summed E-state index contributed by atoms with van der Waals surface area (Å²) in [6.45, 7) is 7.35. The van der Waals surface area contributed by atoms with Gasteiger partial charge in [0.05, 0.1) is 0 Å². The van der Waals surface area contributed by atoms with Crippen LogP contribution in [0.3, 0.4) is 0 Å². The van der Waals surface area contributed by atoms with E-state index in [1.165, 1.54) is 0 Å². The fourth-order valence-electron chi connectivity index (χ4n) is 1.64. The van der Waals surface area contributed by atoms with Crippen LogP contribution in [0, 0.1) is 5.41 Å². The van der Waals surface area contributed by atoms with Crippen LogP contribution in [0.2, 0.25) is 0 Å². The Morgan fingerprint density at radius 3 is 2.81 bits per heavy atom. The standard InChI is InChI=1S/C12H20N4/c1-3-7-16(4-2)9-10-5-6-15-11(8-10)12(13)14/h5-6,8H,3-4,7,9H2,1-2H3,(H3,13,14). The van der Waals surface area contributed by atoms with Crippen molar-refractivity contribution in [3.63, 3.8) is 0 Å². The van der Waals surface area contributed by atoms with Crippen molar-refractivity contribution < 1.29 is 0 Å². The fraction of sp³-hybridized carbons (Fsp3) is 0.500. The maximum Gasteiger partial charge on any atom is 0.141 e. The molecule has 88 valence electrons. The number of hydrogen-bond donors (Lipinski definition) is 2. The van der Waals surface area contributed by atoms with Crippen molar-refractivity contribution in [1.82, 2.24) is 9.88 Å². The first-order valence-electron chi connectivity index (χ1n) is 5.69. The van der Waals surface area contributed by atoms with Crippen LogP contribution in [-0.4, -0.2) is 28.8 Å². The Morgan fingerprint density at radius 1 is 1.50 bits per heavy atom. The number of amidine groups is 1. The van der Waals surface area contributed by atoms with Gasteiger partial charge in [-0.2, -0.15) is 0 Å². The van der Waals surface area contributed by atoms with Crippen LogP contribution in [0.5, 0.6) is 0 Å². The average molecular weight is 220 g/mol. The monoisotopic (exact) mass is 220 g/mol. The molecule has 4 nitrogen and oxygen atoms in total. The molecule has 0 saturated carbocycles. The molecule has 0 amide bonds. The van der Waals surface area contributed by atoms with Crippen molar-refractivity contribution >= 4 is 5.84 Å². The summed E-state index contributed by atoms with van der Waals surface area (Å²) in [5, 5.41) is 7.34. The van der Waals surface area contributed by atoms with Crippen LogP contribution >= 0.6 is 0 Å². The summed E-state index contributed by atoms with van der Waals surface area (Å²) in [5.74, 6) is 0.0281. The van der Waals surface area contributed by atoms with Crippen molar-refractivity contribution in [2.75, 3.05) is 13.1 Å². The van der Waals surface area contributed by atoms with Crippen molar-refractivity contribution in [2.24, 2.45) is 5.73 Å². The minimum Gasteiger partial charge on any atom is -0.382 e. The molecular formula is C12H20N4. The van der Waals surface area contributed by atoms with Crippen molar-refractivity contribution in [3.8, 4) is 0 Å². The lowest BCUT2D eigenvalue weighted by Crippen LogP contribution is -2.24. The van der Waals surface area contributed by atoms with E-state index in [0.717, 1.165) is 31.6 Å². The van der Waals surface area contributed by atoms with Crippen molar-refractivity contribution in [3.05, 3.63) is 29.6 Å². The van der Waals surface area contributed by atoms with E-state index in [0.29, 0.717) is 5.69 Å². The van der Waals surface area contributed by atoms with Gasteiger partial charge in [0.1, 0.15) is 11.5 Å². The molecule has 0 unspecified atom stereocenters. The van der Waals surface area contributed by atoms with E-state index in [9.17, 15) is 0 Å². The number of nitrogens with zero attached hydrogens (tertiary/aromatic N) is 2. The van der Waals surface area contributed by atoms with E-state index in [1.807, 2.05) is 12.1 Å². The second-order valence-corrected chi connectivity index (χ2v) is 3.83. The number of pyridine rings is 1. The van der Waals surface area contributed by atoms with Gasteiger partial charge in [-0.05, 0) is 37.2 Å². The largest absolute Gasteiger partial charge is 0.382 e. The summed E-state index contributed by atoms with van der Waals surface area (Å²) in [4.78, 5) is 6.41. The minimum atomic E-state index is 0.0281. The van der Waals surface area contributed by atoms with Crippen molar-refractivity contribution in [1.29, 1.82) is 5.41 Å². The Balaban J connectivity index is 2.72. The van der Waals surface area contributed by atoms with E-state index in [-0.39, 0.29) is 5.84 Å². The summed E-state index contributed by atoms with van der Waals surface area (Å²) in [6.07, 6.45) is 2.87. The summed E-state index contributed by atoms with van der Waals surface area (Å²) in [6, 6.07) is 3.87. The molecule has 0 atom stereocenters. The smallest absolute Gasteiger partial charge is 0.141 e. The molecule has 1 aromatic heterocycles. The van der Waals surface area contributed by atoms with Crippen LogP contribution in [0.25, 0.3) is 0 Å². The van der Waals surface area contributed by atoms with Crippen LogP contribution in [-0.2, 0) is 6.54 Å². The first kappa shape index (κ1) is 12.6. The highest BCUT2D eigenvalue weighted by atomic mass is 15.1. The number of nitrogens with two attached hydrogens (primary N) is 1. The summed E-state index contributed by atoms with van der Waals surface area (Å²) >= 11 is 0. The van der Waals surface area contributed by atoms with Gasteiger partial charge in [0.15, 0.2) is 0 Å². The SMILES string of the molecule is CCCN(CC)Cc1ccnc(C(=N)N)c1. The molecule has 0 fully saturated rings. The number of nitrogen functional groups attached to an aromatic ring is 1. The van der Waals surface area contributed by atoms with Gasteiger partial charge in [-0.25, -0.2) is 0 Å². The van der Waals surface area contributed by atoms with Gasteiger partial charge in [-0.3, -0.25) is 15.3 Å². The topological polar surface area (TPSA) is 66.0 Å². The van der Waals surface area contributed by atoms with Gasteiger partial charge in [0.2, 0.25) is 0 Å². The molecule has 1 aromatic rings.